The molecule has 1 aromatic carbocycles. The lowest BCUT2D eigenvalue weighted by Crippen LogP contribution is -2.31. The van der Waals surface area contributed by atoms with Crippen molar-refractivity contribution in [1.29, 1.82) is 0 Å². The Morgan fingerprint density at radius 2 is 1.84 bits per heavy atom. The van der Waals surface area contributed by atoms with Gasteiger partial charge < -0.3 is 25.4 Å². The molecule has 0 radical (unpaired) electrons. The van der Waals surface area contributed by atoms with Gasteiger partial charge in [-0.15, -0.1) is 0 Å². The fourth-order valence-electron chi connectivity index (χ4n) is 3.29. The molecule has 25 heavy (non-hydrogen) atoms. The Morgan fingerprint density at radius 1 is 1.20 bits per heavy atom. The third-order valence-corrected chi connectivity index (χ3v) is 4.72. The van der Waals surface area contributed by atoms with Crippen molar-refractivity contribution in [1.82, 2.24) is 4.90 Å². The lowest BCUT2D eigenvalue weighted by molar-refractivity contribution is -0.120. The Hall–Kier alpha value is -2.28. The number of anilines is 1. The molecule has 2 rings (SSSR count). The molecule has 138 valence electrons. The molecule has 0 bridgehead atoms. The van der Waals surface area contributed by atoms with Crippen LogP contribution in [0.3, 0.4) is 0 Å². The quantitative estimate of drug-likeness (QED) is 0.815. The second-order valence-corrected chi connectivity index (χ2v) is 6.47. The summed E-state index contributed by atoms with van der Waals surface area (Å²) in [4.78, 5) is 26.7. The van der Waals surface area contributed by atoms with Gasteiger partial charge in [-0.25, -0.2) is 0 Å². The first-order chi connectivity index (χ1) is 11.9. The monoisotopic (exact) mass is 349 g/mol. The predicted octanol–water partition coefficient (Wildman–Crippen LogP) is 1.72. The van der Waals surface area contributed by atoms with E-state index in [-0.39, 0.29) is 23.7 Å². The van der Waals surface area contributed by atoms with Crippen molar-refractivity contribution in [2.45, 2.75) is 19.3 Å². The van der Waals surface area contributed by atoms with E-state index < -0.39 is 0 Å². The summed E-state index contributed by atoms with van der Waals surface area (Å²) >= 11 is 0. The van der Waals surface area contributed by atoms with Crippen molar-refractivity contribution in [3.05, 3.63) is 17.7 Å². The van der Waals surface area contributed by atoms with Gasteiger partial charge >= 0.3 is 0 Å². The topological polar surface area (TPSA) is 93.9 Å². The number of hydrogen-bond acceptors (Lipinski definition) is 5. The molecule has 2 atom stereocenters. The van der Waals surface area contributed by atoms with Gasteiger partial charge in [-0.2, -0.15) is 0 Å². The lowest BCUT2D eigenvalue weighted by Gasteiger charge is -2.21. The van der Waals surface area contributed by atoms with E-state index in [4.69, 9.17) is 15.2 Å². The van der Waals surface area contributed by atoms with Crippen molar-refractivity contribution < 1.29 is 19.1 Å². The molecule has 0 heterocycles. The largest absolute Gasteiger partial charge is 0.493 e. The second kappa shape index (κ2) is 8.20. The molecule has 2 amide bonds. The molecule has 0 saturated heterocycles. The molecule has 1 aliphatic carbocycles. The first-order valence-corrected chi connectivity index (χ1v) is 8.41. The Bertz CT molecular complexity index is 645. The maximum Gasteiger partial charge on any atom is 0.255 e. The highest BCUT2D eigenvalue weighted by Crippen LogP contribution is 2.36. The van der Waals surface area contributed by atoms with Crippen LogP contribution in [0.25, 0.3) is 0 Å². The molecular weight excluding hydrogens is 322 g/mol. The zero-order valence-electron chi connectivity index (χ0n) is 15.3. The maximum atomic E-state index is 12.7. The first-order valence-electron chi connectivity index (χ1n) is 8.41. The Kier molecular flexibility index (Phi) is 6.25. The third-order valence-electron chi connectivity index (χ3n) is 4.72. The molecular formula is C18H27N3O4. The molecule has 1 aliphatic rings. The van der Waals surface area contributed by atoms with Gasteiger partial charge in [0, 0.05) is 26.1 Å². The summed E-state index contributed by atoms with van der Waals surface area (Å²) in [7, 11) is 6.33. The zero-order valence-corrected chi connectivity index (χ0v) is 15.3. The number of amides is 2. The van der Waals surface area contributed by atoms with Gasteiger partial charge in [0.15, 0.2) is 11.5 Å². The van der Waals surface area contributed by atoms with E-state index in [0.717, 1.165) is 19.3 Å². The van der Waals surface area contributed by atoms with Gasteiger partial charge in [-0.05, 0) is 31.4 Å². The maximum absolute atomic E-state index is 12.7. The Balaban J connectivity index is 2.37. The molecule has 0 aromatic heterocycles. The van der Waals surface area contributed by atoms with E-state index >= 15 is 0 Å². The number of methoxy groups -OCH3 is 2. The fraction of sp³-hybridized carbons (Fsp3) is 0.556. The first kappa shape index (κ1) is 19.1. The summed E-state index contributed by atoms with van der Waals surface area (Å²) in [5.74, 6) is 0.626. The zero-order chi connectivity index (χ0) is 18.6. The average Bonchev–Trinajstić information content (AvgIpc) is 3.09. The molecule has 1 saturated carbocycles. The fourth-order valence-corrected chi connectivity index (χ4v) is 3.29. The van der Waals surface area contributed by atoms with Crippen LogP contribution < -0.4 is 20.5 Å². The van der Waals surface area contributed by atoms with Crippen LogP contribution in [0.1, 0.15) is 29.6 Å². The average molecular weight is 349 g/mol. The number of benzene rings is 1. The van der Waals surface area contributed by atoms with Gasteiger partial charge in [0.25, 0.3) is 5.91 Å². The summed E-state index contributed by atoms with van der Waals surface area (Å²) in [5, 5.41) is 2.90. The summed E-state index contributed by atoms with van der Waals surface area (Å²) in [6.45, 7) is 0.494. The van der Waals surface area contributed by atoms with Crippen molar-refractivity contribution in [3.8, 4) is 11.5 Å². The lowest BCUT2D eigenvalue weighted by atomic mass is 9.95. The SMILES string of the molecule is COc1cc(NC(=O)[C@@H]2CCC[C@@H]2CN)c(C(=O)N(C)C)cc1OC. The molecule has 0 aliphatic heterocycles. The van der Waals surface area contributed by atoms with Crippen molar-refractivity contribution in [2.24, 2.45) is 17.6 Å². The highest BCUT2D eigenvalue weighted by Gasteiger charge is 2.32. The van der Waals surface area contributed by atoms with Crippen LogP contribution in [0.15, 0.2) is 12.1 Å². The van der Waals surface area contributed by atoms with Crippen LogP contribution in [-0.2, 0) is 4.79 Å². The minimum Gasteiger partial charge on any atom is -0.493 e. The molecule has 1 fully saturated rings. The number of nitrogens with two attached hydrogens (primary N) is 1. The predicted molar refractivity (Wildman–Crippen MR) is 96.1 cm³/mol. The molecule has 0 unspecified atom stereocenters. The van der Waals surface area contributed by atoms with Gasteiger partial charge in [-0.1, -0.05) is 6.42 Å². The number of nitrogens with one attached hydrogen (secondary N) is 1. The number of rotatable bonds is 6. The van der Waals surface area contributed by atoms with E-state index in [1.165, 1.54) is 19.1 Å². The number of hydrogen-bond donors (Lipinski definition) is 2. The smallest absolute Gasteiger partial charge is 0.255 e. The summed E-state index contributed by atoms with van der Waals surface area (Å²) in [6.07, 6.45) is 2.78. The van der Waals surface area contributed by atoms with E-state index in [1.54, 1.807) is 26.2 Å². The standard InChI is InChI=1S/C18H27N3O4/c1-21(2)18(23)13-8-15(24-3)16(25-4)9-14(13)20-17(22)12-7-5-6-11(12)10-19/h8-9,11-12H,5-7,10,19H2,1-4H3,(H,20,22)/t11-,12-/m1/s1. The molecule has 7 nitrogen and oxygen atoms in total. The Morgan fingerprint density at radius 3 is 2.40 bits per heavy atom. The van der Waals surface area contributed by atoms with Crippen LogP contribution in [0.2, 0.25) is 0 Å². The summed E-state index contributed by atoms with van der Waals surface area (Å²) in [5.41, 5.74) is 6.56. The van der Waals surface area contributed by atoms with Crippen molar-refractivity contribution >= 4 is 17.5 Å². The van der Waals surface area contributed by atoms with E-state index in [1.807, 2.05) is 0 Å². The Labute approximate surface area is 148 Å². The van der Waals surface area contributed by atoms with Crippen LogP contribution in [0.5, 0.6) is 11.5 Å². The third kappa shape index (κ3) is 4.04. The van der Waals surface area contributed by atoms with Gasteiger partial charge in [0.2, 0.25) is 5.91 Å². The highest BCUT2D eigenvalue weighted by atomic mass is 16.5. The number of nitrogens with zero attached hydrogens (tertiary/aromatic N) is 1. The van der Waals surface area contributed by atoms with E-state index in [9.17, 15) is 9.59 Å². The summed E-state index contributed by atoms with van der Waals surface area (Å²) in [6, 6.07) is 3.21. The number of ether oxygens (including phenoxy) is 2. The van der Waals surface area contributed by atoms with E-state index in [0.29, 0.717) is 29.3 Å². The second-order valence-electron chi connectivity index (χ2n) is 6.47. The minimum atomic E-state index is -0.224. The molecule has 0 spiro atoms. The van der Waals surface area contributed by atoms with Gasteiger partial charge in [0.05, 0.1) is 25.5 Å². The molecule has 7 heteroatoms. The highest BCUT2D eigenvalue weighted by molar-refractivity contribution is 6.05. The van der Waals surface area contributed by atoms with Crippen molar-refractivity contribution in [2.75, 3.05) is 40.2 Å². The van der Waals surface area contributed by atoms with Crippen LogP contribution in [0.4, 0.5) is 5.69 Å². The molecule has 1 aromatic rings. The van der Waals surface area contributed by atoms with Gasteiger partial charge in [-0.3, -0.25) is 9.59 Å². The minimum absolute atomic E-state index is 0.104. The van der Waals surface area contributed by atoms with Crippen molar-refractivity contribution in [3.63, 3.8) is 0 Å². The molecule has 3 N–H and O–H groups in total. The number of carbonyl (C=O) groups excluding carboxylic acids is 2. The van der Waals surface area contributed by atoms with Crippen LogP contribution >= 0.6 is 0 Å². The normalized spacial score (nSPS) is 19.4. The van der Waals surface area contributed by atoms with E-state index in [2.05, 4.69) is 5.32 Å². The van der Waals surface area contributed by atoms with Crippen LogP contribution in [-0.4, -0.2) is 51.6 Å². The summed E-state index contributed by atoms with van der Waals surface area (Å²) < 4.78 is 10.6. The van der Waals surface area contributed by atoms with Gasteiger partial charge in [0.1, 0.15) is 0 Å². The van der Waals surface area contributed by atoms with Crippen LogP contribution in [0, 0.1) is 11.8 Å². The number of carbonyl (C=O) groups is 2.